The summed E-state index contributed by atoms with van der Waals surface area (Å²) in [5, 5.41) is 0. The minimum absolute atomic E-state index is 0.0284. The Morgan fingerprint density at radius 3 is 0.843 bits per heavy atom. The summed E-state index contributed by atoms with van der Waals surface area (Å²) in [4.78, 5) is 36.0. The number of rotatable bonds is 80. The normalized spacial score (nSPS) is 13.6. The smallest absolute Gasteiger partial charge is 0.462 e. The largest absolute Gasteiger partial charge is 0.472 e. The summed E-state index contributed by atoms with van der Waals surface area (Å²) in [5.74, 6) is -0.789. The molecule has 0 saturated carbocycles. The van der Waals surface area contributed by atoms with Gasteiger partial charge in [-0.25, -0.2) is 4.57 Å². The standard InChI is InChI=1S/C92H164NO8P/c1-6-8-10-12-14-16-18-20-22-24-26-28-30-32-34-36-38-40-42-44-46-48-50-52-54-56-58-60-62-64-66-68-70-72-74-76-78-80-82-84-91(94)98-88-90(89-100-102(96,97)99-87-86-93(3,4)5)101-92(95)85-83-81-79-77-75-73-71-69-67-65-63-61-59-57-55-53-51-49-47-45-43-41-39-37-35-33-31-29-27-25-23-21-19-17-15-13-11-9-7-2/h9,11,15,17,21,23-24,26-27,29,33,35,39,41,45,47,51,53,57,59,90H,6-8,10,12-14,16,18-20,22,25,28,30-32,34,36-38,40,42-44,46,48-50,52,54-56,58,60-89H2,1-5H3/p+1/b11-9-,17-15-,23-21-,26-24-,29-27-,35-33-,41-39-,47-45-,53-51-,59-57-. The van der Waals surface area contributed by atoms with E-state index in [9.17, 15) is 19.0 Å². The molecule has 0 heterocycles. The summed E-state index contributed by atoms with van der Waals surface area (Å²) in [7, 11) is 1.48. The quantitative estimate of drug-likeness (QED) is 0.0211. The lowest BCUT2D eigenvalue weighted by Gasteiger charge is -2.24. The Morgan fingerprint density at radius 2 is 0.559 bits per heavy atom. The van der Waals surface area contributed by atoms with Crippen LogP contribution in [0.5, 0.6) is 0 Å². The van der Waals surface area contributed by atoms with Crippen LogP contribution in [0.15, 0.2) is 122 Å². The number of unbranched alkanes of at least 4 members (excludes halogenated alkanes) is 46. The highest BCUT2D eigenvalue weighted by Gasteiger charge is 2.27. The molecule has 0 aromatic rings. The van der Waals surface area contributed by atoms with Crippen LogP contribution in [0.25, 0.3) is 0 Å². The van der Waals surface area contributed by atoms with Crippen molar-refractivity contribution in [3.63, 3.8) is 0 Å². The predicted octanol–water partition coefficient (Wildman–Crippen LogP) is 29.3. The van der Waals surface area contributed by atoms with Gasteiger partial charge >= 0.3 is 19.8 Å². The summed E-state index contributed by atoms with van der Waals surface area (Å²) in [6.07, 6.45) is 118. The number of phosphoric acid groups is 1. The van der Waals surface area contributed by atoms with E-state index in [0.29, 0.717) is 17.4 Å². The molecule has 0 fully saturated rings. The molecule has 10 heteroatoms. The van der Waals surface area contributed by atoms with Crippen LogP contribution in [0.4, 0.5) is 0 Å². The maximum absolute atomic E-state index is 12.9. The van der Waals surface area contributed by atoms with E-state index in [-0.39, 0.29) is 32.0 Å². The van der Waals surface area contributed by atoms with Crippen LogP contribution < -0.4 is 0 Å². The number of esters is 2. The molecule has 0 aromatic carbocycles. The van der Waals surface area contributed by atoms with Gasteiger partial charge in [0.05, 0.1) is 27.7 Å². The van der Waals surface area contributed by atoms with Gasteiger partial charge in [-0.2, -0.15) is 0 Å². The van der Waals surface area contributed by atoms with Crippen LogP contribution in [0.2, 0.25) is 0 Å². The first-order valence-corrected chi connectivity index (χ1v) is 44.8. The number of hydrogen-bond acceptors (Lipinski definition) is 7. The van der Waals surface area contributed by atoms with Crippen molar-refractivity contribution >= 4 is 19.8 Å². The molecule has 0 bridgehead atoms. The zero-order chi connectivity index (χ0) is 74.0. The van der Waals surface area contributed by atoms with Crippen LogP contribution in [0.3, 0.4) is 0 Å². The molecule has 0 aromatic heterocycles. The average Bonchev–Trinajstić information content (AvgIpc) is 0.914. The summed E-state index contributed by atoms with van der Waals surface area (Å²) >= 11 is 0. The summed E-state index contributed by atoms with van der Waals surface area (Å²) < 4.78 is 34.9. The van der Waals surface area contributed by atoms with E-state index in [1.807, 2.05) is 21.1 Å². The summed E-state index contributed by atoms with van der Waals surface area (Å²) in [5.41, 5.74) is 0. The van der Waals surface area contributed by atoms with E-state index >= 15 is 0 Å². The number of ether oxygens (including phenoxy) is 2. The lowest BCUT2D eigenvalue weighted by molar-refractivity contribution is -0.870. The Balaban J connectivity index is 3.94. The molecule has 0 aliphatic heterocycles. The van der Waals surface area contributed by atoms with Gasteiger partial charge in [-0.05, 0) is 109 Å². The van der Waals surface area contributed by atoms with Crippen molar-refractivity contribution in [2.24, 2.45) is 0 Å². The Labute approximate surface area is 632 Å². The molecule has 0 spiro atoms. The molecule has 2 unspecified atom stereocenters. The number of allylic oxidation sites excluding steroid dienone is 20. The molecular weight excluding hydrogens is 1280 g/mol. The van der Waals surface area contributed by atoms with E-state index in [0.717, 1.165) is 103 Å². The van der Waals surface area contributed by atoms with Gasteiger partial charge in [0, 0.05) is 12.8 Å². The van der Waals surface area contributed by atoms with E-state index in [1.54, 1.807) is 0 Å². The van der Waals surface area contributed by atoms with Gasteiger partial charge in [0.15, 0.2) is 6.10 Å². The van der Waals surface area contributed by atoms with E-state index in [2.05, 4.69) is 135 Å². The van der Waals surface area contributed by atoms with E-state index < -0.39 is 26.5 Å². The number of hydrogen-bond donors (Lipinski definition) is 1. The summed E-state index contributed by atoms with van der Waals surface area (Å²) in [6, 6.07) is 0. The van der Waals surface area contributed by atoms with Gasteiger partial charge in [0.1, 0.15) is 19.8 Å². The van der Waals surface area contributed by atoms with Crippen LogP contribution in [0.1, 0.15) is 399 Å². The molecule has 0 saturated heterocycles. The maximum Gasteiger partial charge on any atom is 0.472 e. The monoisotopic (exact) mass is 1440 g/mol. The van der Waals surface area contributed by atoms with E-state index in [1.165, 1.54) is 263 Å². The number of quaternary nitrogens is 1. The van der Waals surface area contributed by atoms with E-state index in [4.69, 9.17) is 18.5 Å². The molecule has 1 N–H and O–H groups in total. The average molecular weight is 1440 g/mol. The second-order valence-corrected chi connectivity index (χ2v) is 31.6. The molecule has 102 heavy (non-hydrogen) atoms. The van der Waals surface area contributed by atoms with Crippen molar-refractivity contribution in [2.75, 3.05) is 47.5 Å². The summed E-state index contributed by atoms with van der Waals surface area (Å²) in [6.45, 7) is 4.36. The molecule has 0 radical (unpaired) electrons. The van der Waals surface area contributed by atoms with Crippen LogP contribution in [0, 0.1) is 0 Å². The maximum atomic E-state index is 12.9. The molecule has 590 valence electrons. The molecule has 9 nitrogen and oxygen atoms in total. The lowest BCUT2D eigenvalue weighted by atomic mass is 10.0. The molecular formula is C92H165NO8P+. The van der Waals surface area contributed by atoms with Crippen LogP contribution in [-0.2, 0) is 32.7 Å². The lowest BCUT2D eigenvalue weighted by Crippen LogP contribution is -2.37. The fourth-order valence-electron chi connectivity index (χ4n) is 12.4. The highest BCUT2D eigenvalue weighted by molar-refractivity contribution is 7.47. The van der Waals surface area contributed by atoms with Crippen molar-refractivity contribution in [3.05, 3.63) is 122 Å². The van der Waals surface area contributed by atoms with Gasteiger partial charge in [-0.3, -0.25) is 18.6 Å². The minimum atomic E-state index is -4.40. The predicted molar refractivity (Wildman–Crippen MR) is 445 cm³/mol. The Kier molecular flexibility index (Phi) is 78.6. The Bertz CT molecular complexity index is 2140. The molecule has 0 rings (SSSR count). The second-order valence-electron chi connectivity index (χ2n) is 30.2. The fourth-order valence-corrected chi connectivity index (χ4v) is 13.2. The zero-order valence-corrected chi connectivity index (χ0v) is 68.5. The number of likely N-dealkylation sites (N-methyl/N-ethyl adjacent to an activating group) is 1. The van der Waals surface area contributed by atoms with Crippen molar-refractivity contribution in [2.45, 2.75) is 405 Å². The highest BCUT2D eigenvalue weighted by atomic mass is 31.2. The molecule has 0 amide bonds. The number of nitrogens with zero attached hydrogens (tertiary/aromatic N) is 1. The second kappa shape index (κ2) is 81.5. The van der Waals surface area contributed by atoms with Crippen molar-refractivity contribution in [3.8, 4) is 0 Å². The number of carbonyl (C=O) groups excluding carboxylic acids is 2. The Morgan fingerprint density at radius 1 is 0.314 bits per heavy atom. The molecule has 2 atom stereocenters. The fraction of sp³-hybridized carbons (Fsp3) is 0.761. The van der Waals surface area contributed by atoms with Gasteiger partial charge < -0.3 is 18.9 Å². The zero-order valence-electron chi connectivity index (χ0n) is 67.6. The third kappa shape index (κ3) is 85.3. The number of carbonyl (C=O) groups is 2. The first-order chi connectivity index (χ1) is 50.0. The first kappa shape index (κ1) is 98.4. The Hall–Kier alpha value is -3.59. The van der Waals surface area contributed by atoms with Gasteiger partial charge in [0.25, 0.3) is 0 Å². The van der Waals surface area contributed by atoms with Crippen LogP contribution in [-0.4, -0.2) is 74.9 Å². The van der Waals surface area contributed by atoms with Gasteiger partial charge in [0.2, 0.25) is 0 Å². The SMILES string of the molecule is CC/C=C\C/C=C\C/C=C\C/C=C\C/C=C\C/C=C\C/C=C\C/C=C\C/C=C\CCCCCCCCCCCCCC(=O)OC(COC(=O)CCCCCCCCCCCCCCCCCCCCCCCCCCCCC/C=C\CCCCCCCCCC)COP(=O)(O)OCC[N+](C)(C)C. The third-order valence-electron chi connectivity index (χ3n) is 19.0. The third-order valence-corrected chi connectivity index (χ3v) is 20.0. The molecule has 0 aliphatic carbocycles. The van der Waals surface area contributed by atoms with Gasteiger partial charge in [-0.1, -0.05) is 399 Å². The minimum Gasteiger partial charge on any atom is -0.462 e. The van der Waals surface area contributed by atoms with Crippen molar-refractivity contribution in [1.82, 2.24) is 0 Å². The van der Waals surface area contributed by atoms with Crippen LogP contribution >= 0.6 is 7.82 Å². The molecule has 0 aliphatic rings. The van der Waals surface area contributed by atoms with Gasteiger partial charge in [-0.15, -0.1) is 0 Å². The van der Waals surface area contributed by atoms with Crippen molar-refractivity contribution in [1.29, 1.82) is 0 Å². The van der Waals surface area contributed by atoms with Crippen molar-refractivity contribution < 1.29 is 42.1 Å². The topological polar surface area (TPSA) is 108 Å². The highest BCUT2D eigenvalue weighted by Crippen LogP contribution is 2.43. The first-order valence-electron chi connectivity index (χ1n) is 43.3. The number of phosphoric ester groups is 1.